The van der Waals surface area contributed by atoms with Crippen LogP contribution in [0.25, 0.3) is 0 Å². The van der Waals surface area contributed by atoms with Crippen LogP contribution in [-0.2, 0) is 26.2 Å². The molecule has 0 aromatic heterocycles. The number of rotatable bonds is 11. The first-order valence-corrected chi connectivity index (χ1v) is 16.8. The number of sulfonamides is 1. The molecule has 3 aromatic carbocycles. The number of nitrogens with one attached hydrogen (secondary N) is 1. The number of amides is 2. The van der Waals surface area contributed by atoms with Crippen LogP contribution in [0.1, 0.15) is 51.0 Å². The fraction of sp³-hybridized carbons (Fsp3) is 0.355. The third-order valence-electron chi connectivity index (χ3n) is 7.33. The third kappa shape index (κ3) is 8.23. The summed E-state index contributed by atoms with van der Waals surface area (Å²) in [6.45, 7) is 1.54. The van der Waals surface area contributed by atoms with Gasteiger partial charge in [-0.1, -0.05) is 68.1 Å². The lowest BCUT2D eigenvalue weighted by molar-refractivity contribution is -0.140. The van der Waals surface area contributed by atoms with E-state index in [2.05, 4.69) is 27.9 Å². The van der Waals surface area contributed by atoms with Crippen molar-refractivity contribution in [3.8, 4) is 0 Å². The Bertz CT molecular complexity index is 1410. The minimum absolute atomic E-state index is 0.0812. The molecule has 1 atom stereocenters. The highest BCUT2D eigenvalue weighted by Crippen LogP contribution is 2.26. The molecule has 0 saturated heterocycles. The van der Waals surface area contributed by atoms with Gasteiger partial charge in [0.15, 0.2) is 0 Å². The average molecular weight is 708 g/mol. The summed E-state index contributed by atoms with van der Waals surface area (Å²) in [5.41, 5.74) is 1.16. The zero-order valence-corrected chi connectivity index (χ0v) is 26.7. The maximum absolute atomic E-state index is 14.2. The lowest BCUT2D eigenvalue weighted by Crippen LogP contribution is -2.54. The third-order valence-corrected chi connectivity index (χ3v) is 10.1. The number of benzene rings is 3. The van der Waals surface area contributed by atoms with E-state index in [0.717, 1.165) is 45.5 Å². The van der Waals surface area contributed by atoms with Gasteiger partial charge < -0.3 is 10.2 Å². The summed E-state index contributed by atoms with van der Waals surface area (Å²) in [5.74, 6) is -0.683. The van der Waals surface area contributed by atoms with Crippen molar-refractivity contribution in [2.45, 2.75) is 69.0 Å². The molecule has 0 radical (unpaired) electrons. The maximum Gasteiger partial charge on any atom is 0.264 e. The molecule has 10 heteroatoms. The Morgan fingerprint density at radius 3 is 2.20 bits per heavy atom. The molecule has 1 aliphatic carbocycles. The van der Waals surface area contributed by atoms with Gasteiger partial charge in [-0.25, -0.2) is 8.42 Å². The first-order chi connectivity index (χ1) is 19.7. The molecule has 0 heterocycles. The Labute approximate surface area is 261 Å². The van der Waals surface area contributed by atoms with Gasteiger partial charge in [0.2, 0.25) is 11.8 Å². The van der Waals surface area contributed by atoms with Crippen molar-refractivity contribution in [1.82, 2.24) is 10.2 Å². The van der Waals surface area contributed by atoms with E-state index in [9.17, 15) is 18.0 Å². The van der Waals surface area contributed by atoms with Crippen LogP contribution in [0.3, 0.4) is 0 Å². The maximum atomic E-state index is 14.2. The number of hydrogen-bond acceptors (Lipinski definition) is 4. The molecule has 0 bridgehead atoms. The largest absolute Gasteiger partial charge is 0.352 e. The molecule has 1 aliphatic rings. The van der Waals surface area contributed by atoms with E-state index in [4.69, 9.17) is 11.6 Å². The van der Waals surface area contributed by atoms with Gasteiger partial charge in [-0.2, -0.15) is 0 Å². The second kappa shape index (κ2) is 14.5. The summed E-state index contributed by atoms with van der Waals surface area (Å²) in [7, 11) is -4.08. The predicted octanol–water partition coefficient (Wildman–Crippen LogP) is 6.40. The van der Waals surface area contributed by atoms with Gasteiger partial charge >= 0.3 is 0 Å². The number of carbonyl (C=O) groups is 2. The van der Waals surface area contributed by atoms with E-state index in [0.29, 0.717) is 17.1 Å². The van der Waals surface area contributed by atoms with E-state index >= 15 is 0 Å². The fourth-order valence-corrected chi connectivity index (χ4v) is 7.03. The number of halogens is 2. The summed E-state index contributed by atoms with van der Waals surface area (Å²) >= 11 is 8.25. The molecular weight excluding hydrogens is 673 g/mol. The van der Waals surface area contributed by atoms with Crippen LogP contribution in [-0.4, -0.2) is 43.8 Å². The van der Waals surface area contributed by atoms with Crippen LogP contribution < -0.4 is 9.62 Å². The predicted molar refractivity (Wildman–Crippen MR) is 171 cm³/mol. The van der Waals surface area contributed by atoms with Crippen LogP contribution in [0.4, 0.5) is 5.69 Å². The van der Waals surface area contributed by atoms with Crippen LogP contribution >= 0.6 is 34.2 Å². The summed E-state index contributed by atoms with van der Waals surface area (Å²) in [6, 6.07) is 21.4. The number of anilines is 1. The highest BCUT2D eigenvalue weighted by molar-refractivity contribution is 14.1. The fourth-order valence-electron chi connectivity index (χ4n) is 5.11. The van der Waals surface area contributed by atoms with E-state index < -0.39 is 28.5 Å². The zero-order chi connectivity index (χ0) is 29.4. The summed E-state index contributed by atoms with van der Waals surface area (Å²) in [4.78, 5) is 29.3. The van der Waals surface area contributed by atoms with Gasteiger partial charge in [0, 0.05) is 21.2 Å². The molecular formula is C31H35ClIN3O4S. The minimum Gasteiger partial charge on any atom is -0.352 e. The van der Waals surface area contributed by atoms with E-state index in [1.165, 1.54) is 17.0 Å². The molecule has 3 aromatic rings. The lowest BCUT2D eigenvalue weighted by atomic mass is 9.95. The molecule has 1 fully saturated rings. The Hall–Kier alpha value is -2.63. The smallest absolute Gasteiger partial charge is 0.264 e. The Balaban J connectivity index is 1.68. The van der Waals surface area contributed by atoms with Gasteiger partial charge in [-0.3, -0.25) is 13.9 Å². The van der Waals surface area contributed by atoms with Crippen LogP contribution in [0.2, 0.25) is 5.02 Å². The first-order valence-electron chi connectivity index (χ1n) is 13.9. The van der Waals surface area contributed by atoms with Crippen molar-refractivity contribution in [1.29, 1.82) is 0 Å². The number of nitrogens with zero attached hydrogens (tertiary/aromatic N) is 2. The van der Waals surface area contributed by atoms with Crippen molar-refractivity contribution < 1.29 is 18.0 Å². The van der Waals surface area contributed by atoms with Crippen LogP contribution in [0, 0.1) is 3.57 Å². The van der Waals surface area contributed by atoms with E-state index in [1.54, 1.807) is 54.6 Å². The Morgan fingerprint density at radius 1 is 0.951 bits per heavy atom. The van der Waals surface area contributed by atoms with Crippen molar-refractivity contribution in [3.05, 3.63) is 93.0 Å². The van der Waals surface area contributed by atoms with Gasteiger partial charge in [0.05, 0.1) is 10.6 Å². The molecule has 41 heavy (non-hydrogen) atoms. The minimum atomic E-state index is -4.08. The zero-order valence-electron chi connectivity index (χ0n) is 23.0. The monoisotopic (exact) mass is 707 g/mol. The summed E-state index contributed by atoms with van der Waals surface area (Å²) in [6.07, 6.45) is 5.52. The van der Waals surface area contributed by atoms with Crippen molar-refractivity contribution in [2.24, 2.45) is 0 Å². The summed E-state index contributed by atoms with van der Waals surface area (Å²) in [5, 5.41) is 3.72. The molecule has 2 amide bonds. The average Bonchev–Trinajstić information content (AvgIpc) is 2.98. The quantitative estimate of drug-likeness (QED) is 0.234. The van der Waals surface area contributed by atoms with Gasteiger partial charge in [-0.15, -0.1) is 0 Å². The molecule has 1 saturated carbocycles. The lowest BCUT2D eigenvalue weighted by Gasteiger charge is -2.34. The second-order valence-corrected chi connectivity index (χ2v) is 13.8. The van der Waals surface area contributed by atoms with E-state index in [1.807, 2.05) is 19.1 Å². The first kappa shape index (κ1) is 31.3. The number of hydrogen-bond donors (Lipinski definition) is 1. The van der Waals surface area contributed by atoms with Gasteiger partial charge in [0.25, 0.3) is 10.0 Å². The van der Waals surface area contributed by atoms with Crippen molar-refractivity contribution >= 4 is 61.7 Å². The Kier molecular flexibility index (Phi) is 11.1. The molecule has 1 N–H and O–H groups in total. The molecule has 0 unspecified atom stereocenters. The highest BCUT2D eigenvalue weighted by atomic mass is 127. The molecule has 0 aliphatic heterocycles. The van der Waals surface area contributed by atoms with Crippen LogP contribution in [0.15, 0.2) is 83.8 Å². The molecule has 0 spiro atoms. The summed E-state index contributed by atoms with van der Waals surface area (Å²) < 4.78 is 29.8. The van der Waals surface area contributed by atoms with Gasteiger partial charge in [0.1, 0.15) is 12.6 Å². The molecule has 218 valence electrons. The SMILES string of the molecule is CC[C@@H](C(=O)NC1CCCCC1)N(Cc1ccc(Cl)cc1)C(=O)CN(c1ccc(I)cc1)S(=O)(=O)c1ccccc1. The topological polar surface area (TPSA) is 86.8 Å². The van der Waals surface area contributed by atoms with Gasteiger partial charge in [-0.05, 0) is 95.9 Å². The van der Waals surface area contributed by atoms with Crippen molar-refractivity contribution in [3.63, 3.8) is 0 Å². The van der Waals surface area contributed by atoms with E-state index in [-0.39, 0.29) is 23.4 Å². The Morgan fingerprint density at radius 2 is 1.59 bits per heavy atom. The highest BCUT2D eigenvalue weighted by Gasteiger charge is 2.34. The molecule has 4 rings (SSSR count). The molecule has 7 nitrogen and oxygen atoms in total. The second-order valence-electron chi connectivity index (χ2n) is 10.2. The van der Waals surface area contributed by atoms with Crippen LogP contribution in [0.5, 0.6) is 0 Å². The number of carbonyl (C=O) groups excluding carboxylic acids is 2. The standard InChI is InChI=1S/C31H35ClIN3O4S/c1-2-29(31(38)34-26-9-5-3-6-10-26)35(21-23-13-15-24(32)16-14-23)30(37)22-36(27-19-17-25(33)18-20-27)41(39,40)28-11-7-4-8-12-28/h4,7-8,11-20,26,29H,2-3,5-6,9-10,21-22H2,1H3,(H,34,38)/t29-/m0/s1. The van der Waals surface area contributed by atoms with Crippen molar-refractivity contribution in [2.75, 3.05) is 10.8 Å². The normalized spacial score (nSPS) is 14.7.